The van der Waals surface area contributed by atoms with Crippen molar-refractivity contribution in [2.45, 2.75) is 13.1 Å². The lowest BCUT2D eigenvalue weighted by Crippen LogP contribution is -2.17. The number of hydrogen-bond acceptors (Lipinski definition) is 6. The topological polar surface area (TPSA) is 59.3 Å². The molecule has 2 heterocycles. The predicted molar refractivity (Wildman–Crippen MR) is 98.7 cm³/mol. The van der Waals surface area contributed by atoms with Gasteiger partial charge in [-0.25, -0.2) is 4.98 Å². The summed E-state index contributed by atoms with van der Waals surface area (Å²) in [5.74, 6) is 0. The van der Waals surface area contributed by atoms with E-state index in [2.05, 4.69) is 16.4 Å². The maximum Gasteiger partial charge on any atom is 0.269 e. The van der Waals surface area contributed by atoms with Crippen molar-refractivity contribution in [3.8, 4) is 10.6 Å². The lowest BCUT2D eigenvalue weighted by atomic mass is 10.2. The molecule has 124 valence electrons. The lowest BCUT2D eigenvalue weighted by Gasteiger charge is -2.16. The van der Waals surface area contributed by atoms with Crippen molar-refractivity contribution in [2.75, 3.05) is 7.05 Å². The molecule has 2 aromatic heterocycles. The summed E-state index contributed by atoms with van der Waals surface area (Å²) in [6.07, 6.45) is 0. The molecule has 3 aromatic rings. The second kappa shape index (κ2) is 7.40. The van der Waals surface area contributed by atoms with E-state index in [9.17, 15) is 10.1 Å². The van der Waals surface area contributed by atoms with Crippen LogP contribution in [0.2, 0.25) is 5.02 Å². The molecule has 3 rings (SSSR count). The van der Waals surface area contributed by atoms with Gasteiger partial charge in [0.05, 0.1) is 10.6 Å². The number of hydrogen-bond donors (Lipinski definition) is 0. The van der Waals surface area contributed by atoms with Crippen LogP contribution >= 0.6 is 34.3 Å². The van der Waals surface area contributed by atoms with E-state index in [1.807, 2.05) is 22.7 Å². The minimum Gasteiger partial charge on any atom is -0.296 e. The van der Waals surface area contributed by atoms with Gasteiger partial charge < -0.3 is 0 Å². The summed E-state index contributed by atoms with van der Waals surface area (Å²) in [6, 6.07) is 6.57. The van der Waals surface area contributed by atoms with Crippen LogP contribution in [-0.4, -0.2) is 21.9 Å². The van der Waals surface area contributed by atoms with Gasteiger partial charge in [0.15, 0.2) is 0 Å². The van der Waals surface area contributed by atoms with Crippen molar-refractivity contribution in [1.82, 2.24) is 9.88 Å². The predicted octanol–water partition coefficient (Wildman–Crippen LogP) is 5.07. The van der Waals surface area contributed by atoms with Gasteiger partial charge in [0, 0.05) is 46.6 Å². The summed E-state index contributed by atoms with van der Waals surface area (Å²) >= 11 is 9.43. The molecule has 5 nitrogen and oxygen atoms in total. The SMILES string of the molecule is CN(Cc1csc(-c2ccsc2)n1)Cc1cc([N+](=O)[O-])ccc1Cl. The summed E-state index contributed by atoms with van der Waals surface area (Å²) in [6.45, 7) is 1.17. The number of nitro groups is 1. The number of halogens is 1. The summed E-state index contributed by atoms with van der Waals surface area (Å²) < 4.78 is 0. The van der Waals surface area contributed by atoms with Gasteiger partial charge in [-0.2, -0.15) is 11.3 Å². The fourth-order valence-electron chi connectivity index (χ4n) is 2.32. The van der Waals surface area contributed by atoms with Crippen molar-refractivity contribution in [3.05, 3.63) is 66.8 Å². The highest BCUT2D eigenvalue weighted by atomic mass is 35.5. The molecule has 0 fully saturated rings. The van der Waals surface area contributed by atoms with E-state index >= 15 is 0 Å². The number of nitrogens with zero attached hydrogens (tertiary/aromatic N) is 3. The van der Waals surface area contributed by atoms with Gasteiger partial charge in [0.2, 0.25) is 0 Å². The molecule has 0 aliphatic rings. The smallest absolute Gasteiger partial charge is 0.269 e. The van der Waals surface area contributed by atoms with Crippen molar-refractivity contribution in [3.63, 3.8) is 0 Å². The summed E-state index contributed by atoms with van der Waals surface area (Å²) in [5, 5.41) is 18.6. The van der Waals surface area contributed by atoms with Gasteiger partial charge in [0.25, 0.3) is 5.69 Å². The van der Waals surface area contributed by atoms with Crippen LogP contribution in [0.5, 0.6) is 0 Å². The standard InChI is InChI=1S/C16H14ClN3O2S2/c1-19(7-12-6-14(20(21)22)2-3-15(12)17)8-13-10-24-16(18-13)11-4-5-23-9-11/h2-6,9-10H,7-8H2,1H3. The molecule has 0 bridgehead atoms. The number of rotatable bonds is 6. The van der Waals surface area contributed by atoms with E-state index in [0.29, 0.717) is 18.1 Å². The number of nitro benzene ring substituents is 1. The first-order valence-electron chi connectivity index (χ1n) is 7.11. The van der Waals surface area contributed by atoms with Gasteiger partial charge in [-0.3, -0.25) is 15.0 Å². The molecule has 24 heavy (non-hydrogen) atoms. The number of aromatic nitrogens is 1. The average molecular weight is 380 g/mol. The molecule has 0 unspecified atom stereocenters. The Hall–Kier alpha value is -1.80. The zero-order valence-electron chi connectivity index (χ0n) is 12.8. The highest BCUT2D eigenvalue weighted by molar-refractivity contribution is 7.14. The normalized spacial score (nSPS) is 11.1. The number of thiophene rings is 1. The maximum absolute atomic E-state index is 10.9. The van der Waals surface area contributed by atoms with Crippen molar-refractivity contribution in [1.29, 1.82) is 0 Å². The Morgan fingerprint density at radius 3 is 2.83 bits per heavy atom. The first-order valence-corrected chi connectivity index (χ1v) is 9.31. The lowest BCUT2D eigenvalue weighted by molar-refractivity contribution is -0.384. The maximum atomic E-state index is 10.9. The number of benzene rings is 1. The fraction of sp³-hybridized carbons (Fsp3) is 0.188. The summed E-state index contributed by atoms with van der Waals surface area (Å²) in [4.78, 5) is 17.2. The molecule has 0 aliphatic carbocycles. The summed E-state index contributed by atoms with van der Waals surface area (Å²) in [7, 11) is 1.94. The molecule has 0 aliphatic heterocycles. The molecule has 1 aromatic carbocycles. The van der Waals surface area contributed by atoms with E-state index < -0.39 is 4.92 Å². The van der Waals surface area contributed by atoms with Gasteiger partial charge in [-0.1, -0.05) is 11.6 Å². The van der Waals surface area contributed by atoms with Gasteiger partial charge in [0.1, 0.15) is 5.01 Å². The van der Waals surface area contributed by atoms with Crippen LogP contribution in [0.25, 0.3) is 10.6 Å². The van der Waals surface area contributed by atoms with E-state index in [0.717, 1.165) is 21.8 Å². The van der Waals surface area contributed by atoms with Crippen LogP contribution in [0, 0.1) is 10.1 Å². The molecule has 0 atom stereocenters. The van der Waals surface area contributed by atoms with Crippen molar-refractivity contribution >= 4 is 40.0 Å². The molecule has 0 radical (unpaired) electrons. The highest BCUT2D eigenvalue weighted by Crippen LogP contribution is 2.27. The molecule has 8 heteroatoms. The van der Waals surface area contributed by atoms with Crippen LogP contribution in [-0.2, 0) is 13.1 Å². The van der Waals surface area contributed by atoms with Crippen molar-refractivity contribution < 1.29 is 4.92 Å². The summed E-state index contributed by atoms with van der Waals surface area (Å²) in [5.41, 5.74) is 2.91. The Morgan fingerprint density at radius 1 is 1.29 bits per heavy atom. The van der Waals surface area contributed by atoms with Crippen LogP contribution in [0.1, 0.15) is 11.3 Å². The molecular weight excluding hydrogens is 366 g/mol. The fourth-order valence-corrected chi connectivity index (χ4v) is 4.02. The Bertz CT molecular complexity index is 849. The molecule has 0 spiro atoms. The average Bonchev–Trinajstić information content (AvgIpc) is 3.20. The zero-order chi connectivity index (χ0) is 17.1. The van der Waals surface area contributed by atoms with Crippen LogP contribution in [0.3, 0.4) is 0 Å². The van der Waals surface area contributed by atoms with E-state index in [1.54, 1.807) is 28.7 Å². The molecule has 0 saturated heterocycles. The third-order valence-corrected chi connectivity index (χ3v) is 5.42. The van der Waals surface area contributed by atoms with Crippen LogP contribution in [0.4, 0.5) is 5.69 Å². The second-order valence-electron chi connectivity index (χ2n) is 5.36. The van der Waals surface area contributed by atoms with Crippen LogP contribution in [0.15, 0.2) is 40.4 Å². The van der Waals surface area contributed by atoms with Crippen molar-refractivity contribution in [2.24, 2.45) is 0 Å². The highest BCUT2D eigenvalue weighted by Gasteiger charge is 2.13. The third-order valence-electron chi connectivity index (χ3n) is 3.43. The Kier molecular flexibility index (Phi) is 5.25. The van der Waals surface area contributed by atoms with Gasteiger partial charge in [-0.15, -0.1) is 11.3 Å². The van der Waals surface area contributed by atoms with Crippen LogP contribution < -0.4 is 0 Å². The molecule has 0 saturated carbocycles. The monoisotopic (exact) mass is 379 g/mol. The molecular formula is C16H14ClN3O2S2. The molecule has 0 amide bonds. The Balaban J connectivity index is 1.69. The van der Waals surface area contributed by atoms with E-state index in [-0.39, 0.29) is 5.69 Å². The van der Waals surface area contributed by atoms with Gasteiger partial charge >= 0.3 is 0 Å². The Labute approximate surface area is 152 Å². The number of non-ortho nitro benzene ring substituents is 1. The minimum atomic E-state index is -0.409. The molecule has 0 N–H and O–H groups in total. The quantitative estimate of drug-likeness (QED) is 0.443. The number of thiazole rings is 1. The zero-order valence-corrected chi connectivity index (χ0v) is 15.2. The first kappa shape index (κ1) is 17.0. The second-order valence-corrected chi connectivity index (χ2v) is 7.41. The minimum absolute atomic E-state index is 0.0520. The van der Waals surface area contributed by atoms with E-state index in [1.165, 1.54) is 12.1 Å². The Morgan fingerprint density at radius 2 is 2.12 bits per heavy atom. The largest absolute Gasteiger partial charge is 0.296 e. The first-order chi connectivity index (χ1) is 11.5. The van der Waals surface area contributed by atoms with E-state index in [4.69, 9.17) is 11.6 Å². The third kappa shape index (κ3) is 3.99. The van der Waals surface area contributed by atoms with Gasteiger partial charge in [-0.05, 0) is 30.1 Å².